The molecule has 0 radical (unpaired) electrons. The van der Waals surface area contributed by atoms with Gasteiger partial charge in [0.15, 0.2) is 0 Å². The first kappa shape index (κ1) is 7.54. The van der Waals surface area contributed by atoms with Crippen LogP contribution in [0.15, 0.2) is 0 Å². The Morgan fingerprint density at radius 3 is 2.90 bits per heavy atom. The molecule has 3 nitrogen and oxygen atoms in total. The lowest BCUT2D eigenvalue weighted by atomic mass is 10.00. The van der Waals surface area contributed by atoms with E-state index < -0.39 is 0 Å². The molecular weight excluding hydrogens is 128 g/mol. The van der Waals surface area contributed by atoms with Gasteiger partial charge < -0.3 is 5.32 Å². The van der Waals surface area contributed by atoms with Crippen LogP contribution in [0.1, 0.15) is 20.3 Å². The van der Waals surface area contributed by atoms with Crippen molar-refractivity contribution in [1.82, 2.24) is 10.6 Å². The van der Waals surface area contributed by atoms with E-state index in [1.165, 1.54) is 0 Å². The first-order chi connectivity index (χ1) is 4.75. The van der Waals surface area contributed by atoms with Crippen LogP contribution in [0.25, 0.3) is 0 Å². The monoisotopic (exact) mass is 142 g/mol. The average Bonchev–Trinajstić information content (AvgIpc) is 2.34. The van der Waals surface area contributed by atoms with Gasteiger partial charge in [0, 0.05) is 0 Å². The third-order valence-electron chi connectivity index (χ3n) is 2.08. The van der Waals surface area contributed by atoms with Crippen LogP contribution in [0.5, 0.6) is 0 Å². The van der Waals surface area contributed by atoms with Gasteiger partial charge in [-0.1, -0.05) is 20.3 Å². The normalized spacial score (nSPS) is 28.2. The fourth-order valence-electron chi connectivity index (χ4n) is 1.15. The van der Waals surface area contributed by atoms with Gasteiger partial charge in [-0.15, -0.1) is 0 Å². The summed E-state index contributed by atoms with van der Waals surface area (Å²) in [7, 11) is 0. The molecular formula is C7H14N2O. The number of nitrogens with one attached hydrogen (secondary N) is 2. The van der Waals surface area contributed by atoms with Crippen molar-refractivity contribution in [2.75, 3.05) is 6.67 Å². The highest BCUT2D eigenvalue weighted by atomic mass is 16.2. The summed E-state index contributed by atoms with van der Waals surface area (Å²) in [5, 5.41) is 5.83. The van der Waals surface area contributed by atoms with Crippen LogP contribution in [-0.4, -0.2) is 18.6 Å². The van der Waals surface area contributed by atoms with Gasteiger partial charge in [-0.05, 0) is 5.92 Å². The predicted octanol–water partition coefficient (Wildman–Crippen LogP) is 0.0780. The molecule has 2 unspecified atom stereocenters. The van der Waals surface area contributed by atoms with Gasteiger partial charge in [-0.25, -0.2) is 0 Å². The molecule has 1 heterocycles. The van der Waals surface area contributed by atoms with E-state index >= 15 is 0 Å². The predicted molar refractivity (Wildman–Crippen MR) is 39.4 cm³/mol. The Morgan fingerprint density at radius 1 is 1.80 bits per heavy atom. The van der Waals surface area contributed by atoms with Gasteiger partial charge in [-0.3, -0.25) is 10.1 Å². The zero-order chi connectivity index (χ0) is 7.56. The van der Waals surface area contributed by atoms with Crippen LogP contribution in [0.3, 0.4) is 0 Å². The Balaban J connectivity index is 2.46. The molecule has 10 heavy (non-hydrogen) atoms. The van der Waals surface area contributed by atoms with Crippen molar-refractivity contribution in [3.05, 3.63) is 0 Å². The Morgan fingerprint density at radius 2 is 2.50 bits per heavy atom. The van der Waals surface area contributed by atoms with Gasteiger partial charge in [0.2, 0.25) is 5.91 Å². The lowest BCUT2D eigenvalue weighted by Crippen LogP contribution is -2.34. The van der Waals surface area contributed by atoms with Gasteiger partial charge in [0.1, 0.15) is 0 Å². The van der Waals surface area contributed by atoms with E-state index in [2.05, 4.69) is 24.5 Å². The highest BCUT2D eigenvalue weighted by Crippen LogP contribution is 2.09. The van der Waals surface area contributed by atoms with Gasteiger partial charge >= 0.3 is 0 Å². The number of hydrogen-bond acceptors (Lipinski definition) is 2. The molecule has 2 N–H and O–H groups in total. The zero-order valence-corrected chi connectivity index (χ0v) is 6.48. The molecule has 0 aromatic heterocycles. The summed E-state index contributed by atoms with van der Waals surface area (Å²) in [5.74, 6) is 0.594. The minimum Gasteiger partial charge on any atom is -0.342 e. The molecule has 0 saturated carbocycles. The van der Waals surface area contributed by atoms with E-state index in [1.807, 2.05) is 0 Å². The van der Waals surface area contributed by atoms with Crippen LogP contribution in [0.2, 0.25) is 0 Å². The van der Waals surface area contributed by atoms with Gasteiger partial charge in [-0.2, -0.15) is 0 Å². The molecule has 1 aliphatic rings. The maximum atomic E-state index is 11.0. The lowest BCUT2D eigenvalue weighted by molar-refractivity contribution is -0.121. The van der Waals surface area contributed by atoms with E-state index in [1.54, 1.807) is 0 Å². The highest BCUT2D eigenvalue weighted by Gasteiger charge is 2.27. The summed E-state index contributed by atoms with van der Waals surface area (Å²) in [6, 6.07) is 0.0463. The second kappa shape index (κ2) is 3.01. The summed E-state index contributed by atoms with van der Waals surface area (Å²) in [4.78, 5) is 11.0. The van der Waals surface area contributed by atoms with E-state index in [-0.39, 0.29) is 11.9 Å². The van der Waals surface area contributed by atoms with Crippen molar-refractivity contribution in [2.45, 2.75) is 26.3 Å². The third kappa shape index (κ3) is 1.29. The minimum absolute atomic E-state index is 0.0463. The van der Waals surface area contributed by atoms with Crippen molar-refractivity contribution in [1.29, 1.82) is 0 Å². The number of hydrogen-bond donors (Lipinski definition) is 2. The van der Waals surface area contributed by atoms with E-state index in [4.69, 9.17) is 0 Å². The molecule has 0 bridgehead atoms. The molecule has 0 aromatic rings. The van der Waals surface area contributed by atoms with Gasteiger partial charge in [0.25, 0.3) is 0 Å². The standard InChI is InChI=1S/C7H14N2O/c1-3-5(2)6-7(10)9-4-8-6/h5-6,8H,3-4H2,1-2H3,(H,9,10). The third-order valence-corrected chi connectivity index (χ3v) is 2.08. The molecule has 2 atom stereocenters. The average molecular weight is 142 g/mol. The van der Waals surface area contributed by atoms with E-state index in [0.717, 1.165) is 6.42 Å². The molecule has 0 aromatic carbocycles. The van der Waals surface area contributed by atoms with Crippen LogP contribution in [0.4, 0.5) is 0 Å². The summed E-state index contributed by atoms with van der Waals surface area (Å²) in [5.41, 5.74) is 0. The van der Waals surface area contributed by atoms with Crippen molar-refractivity contribution in [2.24, 2.45) is 5.92 Å². The van der Waals surface area contributed by atoms with Gasteiger partial charge in [0.05, 0.1) is 12.7 Å². The first-order valence-corrected chi connectivity index (χ1v) is 3.76. The number of carbonyl (C=O) groups excluding carboxylic acids is 1. The Kier molecular flexibility index (Phi) is 2.27. The summed E-state index contributed by atoms with van der Waals surface area (Å²) in [6.45, 7) is 4.81. The minimum atomic E-state index is 0.0463. The fraction of sp³-hybridized carbons (Fsp3) is 0.857. The molecule has 0 aliphatic carbocycles. The van der Waals surface area contributed by atoms with Crippen LogP contribution < -0.4 is 10.6 Å². The smallest absolute Gasteiger partial charge is 0.238 e. The number of rotatable bonds is 2. The van der Waals surface area contributed by atoms with Crippen LogP contribution in [-0.2, 0) is 4.79 Å². The molecule has 1 aliphatic heterocycles. The number of amides is 1. The van der Waals surface area contributed by atoms with Crippen molar-refractivity contribution in [3.8, 4) is 0 Å². The second-order valence-electron chi connectivity index (χ2n) is 2.79. The maximum absolute atomic E-state index is 11.0. The molecule has 58 valence electrons. The maximum Gasteiger partial charge on any atom is 0.238 e. The molecule has 1 saturated heterocycles. The fourth-order valence-corrected chi connectivity index (χ4v) is 1.15. The molecule has 1 rings (SSSR count). The van der Waals surface area contributed by atoms with Crippen LogP contribution >= 0.6 is 0 Å². The quantitative estimate of drug-likeness (QED) is 0.573. The van der Waals surface area contributed by atoms with Crippen molar-refractivity contribution >= 4 is 5.91 Å². The van der Waals surface area contributed by atoms with E-state index in [9.17, 15) is 4.79 Å². The summed E-state index contributed by atoms with van der Waals surface area (Å²) < 4.78 is 0. The first-order valence-electron chi connectivity index (χ1n) is 3.76. The molecule has 1 fully saturated rings. The highest BCUT2D eigenvalue weighted by molar-refractivity contribution is 5.83. The SMILES string of the molecule is CCC(C)C1NCNC1=O. The zero-order valence-electron chi connectivity index (χ0n) is 6.48. The largest absolute Gasteiger partial charge is 0.342 e. The lowest BCUT2D eigenvalue weighted by Gasteiger charge is -2.13. The Labute approximate surface area is 61.2 Å². The molecule has 0 spiro atoms. The Hall–Kier alpha value is -0.570. The molecule has 1 amide bonds. The Bertz CT molecular complexity index is 136. The summed E-state index contributed by atoms with van der Waals surface area (Å²) >= 11 is 0. The molecule has 3 heteroatoms. The summed E-state index contributed by atoms with van der Waals surface area (Å²) in [6.07, 6.45) is 1.05. The van der Waals surface area contributed by atoms with Crippen molar-refractivity contribution in [3.63, 3.8) is 0 Å². The number of carbonyl (C=O) groups is 1. The van der Waals surface area contributed by atoms with Crippen LogP contribution in [0, 0.1) is 5.92 Å². The van der Waals surface area contributed by atoms with Crippen molar-refractivity contribution < 1.29 is 4.79 Å². The second-order valence-corrected chi connectivity index (χ2v) is 2.79. The van der Waals surface area contributed by atoms with E-state index in [0.29, 0.717) is 12.6 Å². The topological polar surface area (TPSA) is 41.1 Å².